The molecule has 28 heavy (non-hydrogen) atoms. The summed E-state index contributed by atoms with van der Waals surface area (Å²) in [6, 6.07) is 5.91. The predicted octanol–water partition coefficient (Wildman–Crippen LogP) is 5.99. The van der Waals surface area contributed by atoms with Crippen molar-refractivity contribution in [3.05, 3.63) is 32.7 Å². The quantitative estimate of drug-likeness (QED) is 0.436. The lowest BCUT2D eigenvalue weighted by Gasteiger charge is -2.31. The summed E-state index contributed by atoms with van der Waals surface area (Å²) in [6.45, 7) is 7.73. The Balaban J connectivity index is 1.61. The third kappa shape index (κ3) is 4.64. The summed E-state index contributed by atoms with van der Waals surface area (Å²) in [4.78, 5) is 25.0. The molecular weight excluding hydrogens is 488 g/mol. The summed E-state index contributed by atoms with van der Waals surface area (Å²) in [5.74, 6) is 0.112. The topological polar surface area (TPSA) is 52.6 Å². The smallest absolute Gasteiger partial charge is 0.310 e. The number of rotatable bonds is 6. The van der Waals surface area contributed by atoms with E-state index < -0.39 is 5.60 Å². The Morgan fingerprint density at radius 3 is 2.29 bits per heavy atom. The first-order valence-corrected chi connectivity index (χ1v) is 11.6. The fraction of sp³-hybridized carbons (Fsp3) is 0.636. The molecule has 0 N–H and O–H groups in total. The Labute approximate surface area is 184 Å². The maximum atomic E-state index is 12.9. The maximum absolute atomic E-state index is 12.9. The highest BCUT2D eigenvalue weighted by atomic mass is 79.9. The number of halogens is 2. The number of ether oxygens (including phenoxy) is 2. The van der Waals surface area contributed by atoms with Gasteiger partial charge in [-0.15, -0.1) is 0 Å². The second-order valence-electron chi connectivity index (χ2n) is 8.71. The molecule has 2 bridgehead atoms. The van der Waals surface area contributed by atoms with E-state index in [1.807, 2.05) is 45.9 Å². The summed E-state index contributed by atoms with van der Waals surface area (Å²) in [6.07, 6.45) is 3.22. The molecule has 5 atom stereocenters. The number of hydrogen-bond donors (Lipinski definition) is 0. The van der Waals surface area contributed by atoms with Gasteiger partial charge >= 0.3 is 11.9 Å². The van der Waals surface area contributed by atoms with Crippen molar-refractivity contribution in [2.45, 2.75) is 65.1 Å². The largest absolute Gasteiger partial charge is 0.462 e. The van der Waals surface area contributed by atoms with E-state index in [0.717, 1.165) is 40.2 Å². The molecule has 0 heterocycles. The van der Waals surface area contributed by atoms with Crippen molar-refractivity contribution in [1.29, 1.82) is 0 Å². The molecule has 2 saturated carbocycles. The number of benzene rings is 1. The van der Waals surface area contributed by atoms with E-state index in [1.54, 1.807) is 0 Å². The van der Waals surface area contributed by atoms with Gasteiger partial charge in [0.15, 0.2) is 0 Å². The number of carbonyl (C=O) groups excluding carboxylic acids is 2. The van der Waals surface area contributed by atoms with Crippen LogP contribution in [0.1, 0.15) is 58.9 Å². The van der Waals surface area contributed by atoms with Crippen LogP contribution in [0.3, 0.4) is 0 Å². The molecule has 0 saturated heterocycles. The third-order valence-electron chi connectivity index (χ3n) is 6.29. The summed E-state index contributed by atoms with van der Waals surface area (Å²) < 4.78 is 13.5. The first-order valence-electron chi connectivity index (χ1n) is 10.0. The van der Waals surface area contributed by atoms with E-state index in [9.17, 15) is 9.59 Å². The van der Waals surface area contributed by atoms with Crippen molar-refractivity contribution in [1.82, 2.24) is 0 Å². The van der Waals surface area contributed by atoms with E-state index >= 15 is 0 Å². The molecule has 5 unspecified atom stereocenters. The lowest BCUT2D eigenvalue weighted by atomic mass is 9.86. The fourth-order valence-corrected chi connectivity index (χ4v) is 5.67. The molecule has 6 heteroatoms. The molecule has 1 aromatic rings. The third-order valence-corrected chi connectivity index (χ3v) is 7.21. The zero-order valence-electron chi connectivity index (χ0n) is 16.8. The van der Waals surface area contributed by atoms with Gasteiger partial charge in [0.25, 0.3) is 0 Å². The molecule has 0 radical (unpaired) electrons. The van der Waals surface area contributed by atoms with E-state index in [0.29, 0.717) is 0 Å². The Kier molecular flexibility index (Phi) is 6.60. The van der Waals surface area contributed by atoms with Gasteiger partial charge in [0.05, 0.1) is 11.8 Å². The molecule has 0 aliphatic heterocycles. The minimum atomic E-state index is -0.715. The highest BCUT2D eigenvalue weighted by Crippen LogP contribution is 2.50. The molecule has 0 amide bonds. The van der Waals surface area contributed by atoms with Gasteiger partial charge in [-0.05, 0) is 75.1 Å². The van der Waals surface area contributed by atoms with Gasteiger partial charge in [0, 0.05) is 8.95 Å². The molecule has 2 fully saturated rings. The van der Waals surface area contributed by atoms with Crippen molar-refractivity contribution in [3.63, 3.8) is 0 Å². The first kappa shape index (κ1) is 21.8. The average molecular weight is 516 g/mol. The molecule has 2 aliphatic rings. The SMILES string of the molecule is CCC(C)C(=O)OC1CC2CC1CC2C(=O)OC(C)(C)c1cc(Br)cc(Br)c1. The Hall–Kier alpha value is -0.880. The zero-order valence-corrected chi connectivity index (χ0v) is 20.0. The standard InChI is InChI=1S/C22H28Br2O4/c1-5-12(2)20(25)27-19-8-13-6-14(19)7-18(13)21(26)28-22(3,4)15-9-16(23)11-17(24)10-15/h9-14,18-19H,5-8H2,1-4H3. The normalized spacial score (nSPS) is 27.5. The van der Waals surface area contributed by atoms with Crippen LogP contribution < -0.4 is 0 Å². The van der Waals surface area contributed by atoms with Crippen molar-refractivity contribution < 1.29 is 19.1 Å². The van der Waals surface area contributed by atoms with Crippen LogP contribution in [0.5, 0.6) is 0 Å². The van der Waals surface area contributed by atoms with Crippen molar-refractivity contribution >= 4 is 43.8 Å². The van der Waals surface area contributed by atoms with Crippen LogP contribution in [0.25, 0.3) is 0 Å². The van der Waals surface area contributed by atoms with Crippen LogP contribution in [0.15, 0.2) is 27.1 Å². The van der Waals surface area contributed by atoms with Crippen LogP contribution in [0.2, 0.25) is 0 Å². The number of carbonyl (C=O) groups is 2. The predicted molar refractivity (Wildman–Crippen MR) is 115 cm³/mol. The highest BCUT2D eigenvalue weighted by Gasteiger charge is 2.51. The molecular formula is C22H28Br2O4. The molecule has 0 aromatic heterocycles. The molecule has 1 aromatic carbocycles. The molecule has 2 aliphatic carbocycles. The Bertz CT molecular complexity index is 741. The number of fused-ring (bicyclic) bond motifs is 2. The van der Waals surface area contributed by atoms with Crippen molar-refractivity contribution in [2.24, 2.45) is 23.7 Å². The lowest BCUT2D eigenvalue weighted by molar-refractivity contribution is -0.166. The van der Waals surface area contributed by atoms with Gasteiger partial charge in [0.2, 0.25) is 0 Å². The van der Waals surface area contributed by atoms with Crippen LogP contribution >= 0.6 is 31.9 Å². The average Bonchev–Trinajstić information content (AvgIpc) is 3.20. The van der Waals surface area contributed by atoms with E-state index in [2.05, 4.69) is 31.9 Å². The van der Waals surface area contributed by atoms with Crippen molar-refractivity contribution in [2.75, 3.05) is 0 Å². The first-order chi connectivity index (χ1) is 13.1. The van der Waals surface area contributed by atoms with Crippen LogP contribution in [-0.4, -0.2) is 18.0 Å². The molecule has 4 nitrogen and oxygen atoms in total. The van der Waals surface area contributed by atoms with Gasteiger partial charge in [-0.25, -0.2) is 0 Å². The van der Waals surface area contributed by atoms with Gasteiger partial charge in [-0.2, -0.15) is 0 Å². The molecule has 0 spiro atoms. The van der Waals surface area contributed by atoms with E-state index in [1.165, 1.54) is 0 Å². The summed E-state index contributed by atoms with van der Waals surface area (Å²) in [5, 5.41) is 0. The highest BCUT2D eigenvalue weighted by molar-refractivity contribution is 9.11. The Morgan fingerprint density at radius 1 is 1.11 bits per heavy atom. The summed E-state index contributed by atoms with van der Waals surface area (Å²) >= 11 is 6.99. The zero-order chi connectivity index (χ0) is 20.6. The van der Waals surface area contributed by atoms with E-state index in [-0.39, 0.29) is 41.7 Å². The van der Waals surface area contributed by atoms with Crippen LogP contribution in [0, 0.1) is 23.7 Å². The monoisotopic (exact) mass is 514 g/mol. The minimum absolute atomic E-state index is 0.0374. The van der Waals surface area contributed by atoms with Gasteiger partial charge < -0.3 is 9.47 Å². The Morgan fingerprint density at radius 2 is 1.75 bits per heavy atom. The summed E-state index contributed by atoms with van der Waals surface area (Å²) in [7, 11) is 0. The van der Waals surface area contributed by atoms with Gasteiger partial charge in [-0.1, -0.05) is 45.7 Å². The van der Waals surface area contributed by atoms with Crippen LogP contribution in [-0.2, 0) is 24.7 Å². The van der Waals surface area contributed by atoms with Gasteiger partial charge in [0.1, 0.15) is 11.7 Å². The molecule has 3 rings (SSSR count). The number of hydrogen-bond acceptors (Lipinski definition) is 4. The maximum Gasteiger partial charge on any atom is 0.310 e. The second kappa shape index (κ2) is 8.47. The number of esters is 2. The van der Waals surface area contributed by atoms with Crippen molar-refractivity contribution in [3.8, 4) is 0 Å². The summed E-state index contributed by atoms with van der Waals surface area (Å²) in [5.41, 5.74) is 0.221. The fourth-order valence-electron chi connectivity index (χ4n) is 4.38. The van der Waals surface area contributed by atoms with E-state index in [4.69, 9.17) is 9.47 Å². The minimum Gasteiger partial charge on any atom is -0.462 e. The van der Waals surface area contributed by atoms with Crippen LogP contribution in [0.4, 0.5) is 0 Å². The van der Waals surface area contributed by atoms with Gasteiger partial charge in [-0.3, -0.25) is 9.59 Å². The lowest BCUT2D eigenvalue weighted by Crippen LogP contribution is -2.35. The second-order valence-corrected chi connectivity index (χ2v) is 10.5. The molecule has 154 valence electrons.